The average molecular weight is 524 g/mol. The third kappa shape index (κ3) is 8.08. The summed E-state index contributed by atoms with van der Waals surface area (Å²) in [4.78, 5) is 27.5. The fourth-order valence-corrected chi connectivity index (χ4v) is 4.66. The van der Waals surface area contributed by atoms with E-state index in [-0.39, 0.29) is 12.5 Å². The second-order valence-electron chi connectivity index (χ2n) is 8.57. The highest BCUT2D eigenvalue weighted by atomic mass is 32.2. The molecule has 0 heterocycles. The molecule has 37 heavy (non-hydrogen) atoms. The number of para-hydroxylation sites is 1. The van der Waals surface area contributed by atoms with Gasteiger partial charge in [-0.3, -0.25) is 13.9 Å². The number of hydrogen-bond donors (Lipinski definition) is 1. The summed E-state index contributed by atoms with van der Waals surface area (Å²) in [5, 5.41) is 2.74. The predicted octanol–water partition coefficient (Wildman–Crippen LogP) is 3.84. The monoisotopic (exact) mass is 523 g/mol. The number of benzene rings is 3. The molecule has 1 N–H and O–H groups in total. The second kappa shape index (κ2) is 12.9. The summed E-state index contributed by atoms with van der Waals surface area (Å²) in [6, 6.07) is 24.5. The van der Waals surface area contributed by atoms with Crippen molar-refractivity contribution in [3.05, 3.63) is 90.5 Å². The molecule has 9 heteroatoms. The number of carbonyl (C=O) groups is 2. The van der Waals surface area contributed by atoms with Crippen LogP contribution in [-0.2, 0) is 26.0 Å². The molecule has 0 saturated heterocycles. The summed E-state index contributed by atoms with van der Waals surface area (Å²) in [6.45, 7) is 3.71. The summed E-state index contributed by atoms with van der Waals surface area (Å²) in [6.07, 6.45) is 1.58. The Balaban J connectivity index is 1.80. The molecular formula is C28H33N3O5S. The zero-order chi connectivity index (χ0) is 26.8. The first-order valence-corrected chi connectivity index (χ1v) is 14.0. The Morgan fingerprint density at radius 3 is 2.03 bits per heavy atom. The lowest BCUT2D eigenvalue weighted by Gasteiger charge is -2.31. The minimum Gasteiger partial charge on any atom is -0.457 e. The Bertz CT molecular complexity index is 1270. The van der Waals surface area contributed by atoms with E-state index in [0.29, 0.717) is 30.2 Å². The molecule has 3 aromatic carbocycles. The first-order chi connectivity index (χ1) is 17.7. The molecule has 3 aromatic rings. The highest BCUT2D eigenvalue weighted by molar-refractivity contribution is 7.92. The van der Waals surface area contributed by atoms with Crippen LogP contribution in [0.2, 0.25) is 0 Å². The van der Waals surface area contributed by atoms with Crippen LogP contribution in [0.15, 0.2) is 84.9 Å². The molecule has 0 aliphatic heterocycles. The summed E-state index contributed by atoms with van der Waals surface area (Å²) in [5.41, 5.74) is 1.34. The van der Waals surface area contributed by atoms with Crippen molar-refractivity contribution < 1.29 is 22.7 Å². The maximum absolute atomic E-state index is 13.5. The minimum atomic E-state index is -3.80. The van der Waals surface area contributed by atoms with Gasteiger partial charge in [0, 0.05) is 13.1 Å². The minimum absolute atomic E-state index is 0.266. The molecule has 0 bridgehead atoms. The average Bonchev–Trinajstić information content (AvgIpc) is 2.88. The lowest BCUT2D eigenvalue weighted by molar-refractivity contribution is -0.138. The number of likely N-dealkylation sites (N-methyl/N-ethyl adjacent to an activating group) is 1. The lowest BCUT2D eigenvalue weighted by Crippen LogP contribution is -2.52. The Hall–Kier alpha value is -3.85. The van der Waals surface area contributed by atoms with Crippen molar-refractivity contribution in [2.75, 3.05) is 30.2 Å². The first-order valence-electron chi connectivity index (χ1n) is 12.1. The zero-order valence-corrected chi connectivity index (χ0v) is 22.1. The Labute approximate surface area is 218 Å². The van der Waals surface area contributed by atoms with Gasteiger partial charge in [-0.1, -0.05) is 48.5 Å². The van der Waals surface area contributed by atoms with Crippen LogP contribution in [0.25, 0.3) is 0 Å². The Morgan fingerprint density at radius 2 is 1.46 bits per heavy atom. The quantitative estimate of drug-likeness (QED) is 0.389. The number of anilines is 1. The molecule has 2 amide bonds. The van der Waals surface area contributed by atoms with Gasteiger partial charge in [0.2, 0.25) is 21.8 Å². The van der Waals surface area contributed by atoms with Crippen LogP contribution in [0.1, 0.15) is 19.4 Å². The molecule has 8 nitrogen and oxygen atoms in total. The number of ether oxygens (including phenoxy) is 1. The number of hydrogen-bond acceptors (Lipinski definition) is 5. The van der Waals surface area contributed by atoms with Crippen LogP contribution in [0, 0.1) is 0 Å². The van der Waals surface area contributed by atoms with E-state index in [1.54, 1.807) is 38.1 Å². The number of nitrogens with zero attached hydrogens (tertiary/aromatic N) is 2. The molecule has 1 atom stereocenters. The molecular weight excluding hydrogens is 490 g/mol. The van der Waals surface area contributed by atoms with Crippen molar-refractivity contribution in [1.29, 1.82) is 0 Å². The summed E-state index contributed by atoms with van der Waals surface area (Å²) >= 11 is 0. The van der Waals surface area contributed by atoms with Gasteiger partial charge >= 0.3 is 0 Å². The summed E-state index contributed by atoms with van der Waals surface area (Å²) < 4.78 is 32.2. The van der Waals surface area contributed by atoms with Gasteiger partial charge in [0.15, 0.2) is 0 Å². The molecule has 0 aliphatic rings. The van der Waals surface area contributed by atoms with E-state index >= 15 is 0 Å². The maximum atomic E-state index is 13.5. The third-order valence-corrected chi connectivity index (χ3v) is 6.93. The number of sulfonamides is 1. The number of nitrogens with one attached hydrogen (secondary N) is 1. The predicted molar refractivity (Wildman–Crippen MR) is 145 cm³/mol. The topological polar surface area (TPSA) is 96.0 Å². The second-order valence-corrected chi connectivity index (χ2v) is 10.5. The van der Waals surface area contributed by atoms with Gasteiger partial charge in [-0.25, -0.2) is 8.42 Å². The van der Waals surface area contributed by atoms with E-state index in [4.69, 9.17) is 4.74 Å². The summed E-state index contributed by atoms with van der Waals surface area (Å²) in [5.74, 6) is 0.421. The van der Waals surface area contributed by atoms with E-state index in [0.717, 1.165) is 16.1 Å². The highest BCUT2D eigenvalue weighted by Gasteiger charge is 2.29. The molecule has 0 radical (unpaired) electrons. The maximum Gasteiger partial charge on any atom is 0.244 e. The molecule has 0 fully saturated rings. The molecule has 0 aliphatic carbocycles. The highest BCUT2D eigenvalue weighted by Crippen LogP contribution is 2.25. The standard InChI is InChI=1S/C28H33N3O5S/c1-4-29-28(33)22(2)30(20-19-23-11-7-5-8-12-23)27(32)21-31(37(3,34)35)24-15-17-26(18-16-24)36-25-13-9-6-10-14-25/h5-18,22H,4,19-21H2,1-3H3,(H,29,33). The fourth-order valence-electron chi connectivity index (χ4n) is 3.81. The lowest BCUT2D eigenvalue weighted by atomic mass is 10.1. The SMILES string of the molecule is CCNC(=O)C(C)N(CCc1ccccc1)C(=O)CN(c1ccc(Oc2ccccc2)cc1)S(C)(=O)=O. The Kier molecular flexibility index (Phi) is 9.68. The van der Waals surface area contributed by atoms with Gasteiger partial charge in [-0.2, -0.15) is 0 Å². The van der Waals surface area contributed by atoms with Crippen molar-refractivity contribution in [1.82, 2.24) is 10.2 Å². The normalized spacial score (nSPS) is 11.9. The van der Waals surface area contributed by atoms with Crippen LogP contribution in [0.5, 0.6) is 11.5 Å². The van der Waals surface area contributed by atoms with Crippen LogP contribution in [0.4, 0.5) is 5.69 Å². The van der Waals surface area contributed by atoms with Crippen molar-refractivity contribution in [2.45, 2.75) is 26.3 Å². The third-order valence-electron chi connectivity index (χ3n) is 5.79. The van der Waals surface area contributed by atoms with Crippen molar-refractivity contribution >= 4 is 27.5 Å². The molecule has 3 rings (SSSR count). The van der Waals surface area contributed by atoms with Crippen molar-refractivity contribution in [3.63, 3.8) is 0 Å². The van der Waals surface area contributed by atoms with Crippen molar-refractivity contribution in [2.24, 2.45) is 0 Å². The van der Waals surface area contributed by atoms with Gasteiger partial charge in [0.25, 0.3) is 0 Å². The van der Waals surface area contributed by atoms with E-state index < -0.39 is 28.5 Å². The largest absolute Gasteiger partial charge is 0.457 e. The molecule has 1 unspecified atom stereocenters. The number of carbonyl (C=O) groups excluding carboxylic acids is 2. The van der Waals surface area contributed by atoms with E-state index in [2.05, 4.69) is 5.32 Å². The van der Waals surface area contributed by atoms with E-state index in [1.165, 1.54) is 4.90 Å². The first kappa shape index (κ1) is 27.7. The van der Waals surface area contributed by atoms with Crippen molar-refractivity contribution in [3.8, 4) is 11.5 Å². The molecule has 0 spiro atoms. The number of amides is 2. The van der Waals surface area contributed by atoms with Gasteiger partial charge < -0.3 is 15.0 Å². The smallest absolute Gasteiger partial charge is 0.244 e. The fraction of sp³-hybridized carbons (Fsp3) is 0.286. The van der Waals surface area contributed by atoms with Gasteiger partial charge in [-0.15, -0.1) is 0 Å². The van der Waals surface area contributed by atoms with Gasteiger partial charge in [0.1, 0.15) is 24.1 Å². The molecule has 0 saturated carbocycles. The van der Waals surface area contributed by atoms with Crippen LogP contribution in [-0.4, -0.2) is 57.1 Å². The summed E-state index contributed by atoms with van der Waals surface area (Å²) in [7, 11) is -3.80. The van der Waals surface area contributed by atoms with E-state index in [1.807, 2.05) is 60.7 Å². The van der Waals surface area contributed by atoms with E-state index in [9.17, 15) is 18.0 Å². The number of rotatable bonds is 12. The van der Waals surface area contributed by atoms with Crippen LogP contribution < -0.4 is 14.4 Å². The van der Waals surface area contributed by atoms with Gasteiger partial charge in [-0.05, 0) is 62.2 Å². The molecule has 0 aromatic heterocycles. The molecule has 196 valence electrons. The van der Waals surface area contributed by atoms with Crippen LogP contribution in [0.3, 0.4) is 0 Å². The Morgan fingerprint density at radius 1 is 0.892 bits per heavy atom. The van der Waals surface area contributed by atoms with Gasteiger partial charge in [0.05, 0.1) is 11.9 Å². The zero-order valence-electron chi connectivity index (χ0n) is 21.3. The van der Waals surface area contributed by atoms with Crippen LogP contribution >= 0.6 is 0 Å².